The molecule has 0 saturated carbocycles. The maximum absolute atomic E-state index is 9.27. The topological polar surface area (TPSA) is 110 Å². The van der Waals surface area contributed by atoms with E-state index >= 15 is 0 Å². The molecule has 0 heterocycles. The van der Waals surface area contributed by atoms with Gasteiger partial charge in [0.15, 0.2) is 0 Å². The van der Waals surface area contributed by atoms with Crippen LogP contribution in [0.3, 0.4) is 0 Å². The Kier molecular flexibility index (Phi) is 6.13. The average Bonchev–Trinajstić information content (AvgIpc) is 2.17. The van der Waals surface area contributed by atoms with E-state index in [1.54, 1.807) is 0 Å². The number of rotatable bonds is 6. The van der Waals surface area contributed by atoms with Crippen molar-refractivity contribution in [2.24, 2.45) is 0 Å². The summed E-state index contributed by atoms with van der Waals surface area (Å²) in [7, 11) is 1.25. The van der Waals surface area contributed by atoms with E-state index in [1.807, 2.05) is 0 Å². The van der Waals surface area contributed by atoms with Gasteiger partial charge in [-0.2, -0.15) is 0 Å². The molecule has 0 saturated heterocycles. The van der Waals surface area contributed by atoms with Crippen LogP contribution in [0.15, 0.2) is 0 Å². The fourth-order valence-corrected chi connectivity index (χ4v) is 0.877. The van der Waals surface area contributed by atoms with Crippen molar-refractivity contribution in [2.45, 2.75) is 24.4 Å². The summed E-state index contributed by atoms with van der Waals surface area (Å²) in [5.41, 5.74) is 0. The first-order valence-corrected chi connectivity index (χ1v) is 3.87. The molecule has 0 fully saturated rings. The standard InChI is InChI=1S/C7H16O6/c1-13-5(3-9)7(12)6(11)4(10)2-8/h4-12H,2-3H2,1H3/t4-,5+,6-,7-/m1/s1. The summed E-state index contributed by atoms with van der Waals surface area (Å²) in [5, 5.41) is 44.5. The van der Waals surface area contributed by atoms with Crippen LogP contribution in [0.1, 0.15) is 0 Å². The van der Waals surface area contributed by atoms with Gasteiger partial charge in [0, 0.05) is 7.11 Å². The highest BCUT2D eigenvalue weighted by Crippen LogP contribution is 2.06. The molecule has 6 nitrogen and oxygen atoms in total. The fourth-order valence-electron chi connectivity index (χ4n) is 0.877. The minimum Gasteiger partial charge on any atom is -0.394 e. The highest BCUT2D eigenvalue weighted by molar-refractivity contribution is 4.80. The number of ether oxygens (including phenoxy) is 1. The molecule has 0 rings (SSSR count). The van der Waals surface area contributed by atoms with Gasteiger partial charge in [-0.25, -0.2) is 0 Å². The third-order valence-electron chi connectivity index (χ3n) is 1.79. The second-order valence-corrected chi connectivity index (χ2v) is 2.69. The summed E-state index contributed by atoms with van der Waals surface area (Å²) >= 11 is 0. The highest BCUT2D eigenvalue weighted by Gasteiger charge is 2.30. The number of aliphatic hydroxyl groups excluding tert-OH is 5. The molecule has 5 N–H and O–H groups in total. The van der Waals surface area contributed by atoms with Crippen LogP contribution < -0.4 is 0 Å². The molecule has 0 bridgehead atoms. The predicted molar refractivity (Wildman–Crippen MR) is 43.0 cm³/mol. The van der Waals surface area contributed by atoms with Crippen molar-refractivity contribution in [3.8, 4) is 0 Å². The normalized spacial score (nSPS) is 20.8. The van der Waals surface area contributed by atoms with Crippen molar-refractivity contribution >= 4 is 0 Å². The quantitative estimate of drug-likeness (QED) is 0.311. The largest absolute Gasteiger partial charge is 0.394 e. The number of aliphatic hydroxyl groups is 5. The summed E-state index contributed by atoms with van der Waals surface area (Å²) < 4.78 is 4.62. The minimum atomic E-state index is -1.54. The summed E-state index contributed by atoms with van der Waals surface area (Å²) in [4.78, 5) is 0. The average molecular weight is 196 g/mol. The van der Waals surface area contributed by atoms with Gasteiger partial charge in [0.2, 0.25) is 0 Å². The minimum absolute atomic E-state index is 0.479. The van der Waals surface area contributed by atoms with E-state index in [9.17, 15) is 5.11 Å². The van der Waals surface area contributed by atoms with Crippen molar-refractivity contribution in [1.82, 2.24) is 0 Å². The summed E-state index contributed by atoms with van der Waals surface area (Å²) in [5.74, 6) is 0. The lowest BCUT2D eigenvalue weighted by molar-refractivity contribution is -0.132. The van der Waals surface area contributed by atoms with Crippen LogP contribution in [0, 0.1) is 0 Å². The van der Waals surface area contributed by atoms with Gasteiger partial charge >= 0.3 is 0 Å². The molecule has 0 spiro atoms. The van der Waals surface area contributed by atoms with E-state index in [1.165, 1.54) is 7.11 Å². The second-order valence-electron chi connectivity index (χ2n) is 2.69. The molecule has 13 heavy (non-hydrogen) atoms. The van der Waals surface area contributed by atoms with Crippen LogP contribution in [0.5, 0.6) is 0 Å². The highest BCUT2D eigenvalue weighted by atomic mass is 16.5. The zero-order chi connectivity index (χ0) is 10.4. The Morgan fingerprint density at radius 1 is 1.00 bits per heavy atom. The van der Waals surface area contributed by atoms with E-state index in [-0.39, 0.29) is 0 Å². The lowest BCUT2D eigenvalue weighted by Crippen LogP contribution is -2.47. The lowest BCUT2D eigenvalue weighted by atomic mass is 10.0. The van der Waals surface area contributed by atoms with Crippen LogP contribution in [-0.4, -0.2) is 70.3 Å². The Morgan fingerprint density at radius 2 is 1.54 bits per heavy atom. The third kappa shape index (κ3) is 3.55. The van der Waals surface area contributed by atoms with Gasteiger partial charge in [-0.05, 0) is 0 Å². The summed E-state index contributed by atoms with van der Waals surface area (Å²) in [6.45, 7) is -1.15. The molecule has 0 unspecified atom stereocenters. The van der Waals surface area contributed by atoms with E-state index in [0.29, 0.717) is 0 Å². The molecule has 0 aliphatic heterocycles. The van der Waals surface area contributed by atoms with E-state index < -0.39 is 37.6 Å². The van der Waals surface area contributed by atoms with Gasteiger partial charge in [0.05, 0.1) is 13.2 Å². The Hall–Kier alpha value is -0.240. The summed E-state index contributed by atoms with van der Waals surface area (Å²) in [6, 6.07) is 0. The molecule has 0 aromatic carbocycles. The van der Waals surface area contributed by atoms with Gasteiger partial charge in [0.25, 0.3) is 0 Å². The van der Waals surface area contributed by atoms with Crippen LogP contribution in [0.25, 0.3) is 0 Å². The second kappa shape index (κ2) is 6.25. The zero-order valence-electron chi connectivity index (χ0n) is 7.37. The lowest BCUT2D eigenvalue weighted by Gasteiger charge is -2.26. The van der Waals surface area contributed by atoms with Crippen molar-refractivity contribution in [3.63, 3.8) is 0 Å². The Bertz CT molecular complexity index is 126. The van der Waals surface area contributed by atoms with Crippen molar-refractivity contribution in [3.05, 3.63) is 0 Å². The molecule has 0 amide bonds. The van der Waals surface area contributed by atoms with E-state index in [2.05, 4.69) is 4.74 Å². The van der Waals surface area contributed by atoms with Gasteiger partial charge in [-0.15, -0.1) is 0 Å². The maximum atomic E-state index is 9.27. The molecule has 4 atom stereocenters. The van der Waals surface area contributed by atoms with Gasteiger partial charge in [0.1, 0.15) is 24.4 Å². The molecular weight excluding hydrogens is 180 g/mol. The molecule has 0 aromatic heterocycles. The maximum Gasteiger partial charge on any atom is 0.111 e. The molecule has 80 valence electrons. The first-order chi connectivity index (χ1) is 6.08. The monoisotopic (exact) mass is 196 g/mol. The predicted octanol–water partition coefficient (Wildman–Crippen LogP) is -2.93. The van der Waals surface area contributed by atoms with Crippen LogP contribution >= 0.6 is 0 Å². The Labute approximate surface area is 76.0 Å². The van der Waals surface area contributed by atoms with E-state index in [0.717, 1.165) is 0 Å². The van der Waals surface area contributed by atoms with Gasteiger partial charge in [-0.3, -0.25) is 0 Å². The molecule has 0 aliphatic rings. The molecule has 0 radical (unpaired) electrons. The fraction of sp³-hybridized carbons (Fsp3) is 1.00. The summed E-state index contributed by atoms with van der Waals surface area (Å²) in [6.07, 6.45) is -5.39. The number of hydrogen-bond acceptors (Lipinski definition) is 6. The number of hydrogen-bond donors (Lipinski definition) is 5. The third-order valence-corrected chi connectivity index (χ3v) is 1.79. The first-order valence-electron chi connectivity index (χ1n) is 3.87. The van der Waals surface area contributed by atoms with Crippen molar-refractivity contribution < 1.29 is 30.3 Å². The van der Waals surface area contributed by atoms with Gasteiger partial charge in [-0.1, -0.05) is 0 Å². The Balaban J connectivity index is 4.13. The van der Waals surface area contributed by atoms with Gasteiger partial charge < -0.3 is 30.3 Å². The smallest absolute Gasteiger partial charge is 0.111 e. The van der Waals surface area contributed by atoms with Crippen LogP contribution in [0.4, 0.5) is 0 Å². The van der Waals surface area contributed by atoms with Crippen molar-refractivity contribution in [1.29, 1.82) is 0 Å². The zero-order valence-corrected chi connectivity index (χ0v) is 7.37. The first kappa shape index (κ1) is 12.8. The van der Waals surface area contributed by atoms with Crippen LogP contribution in [-0.2, 0) is 4.74 Å². The SMILES string of the molecule is CO[C@@H](CO)[C@@H](O)[C@H](O)[C@H](O)CO. The Morgan fingerprint density at radius 3 is 1.85 bits per heavy atom. The molecule has 0 aromatic rings. The van der Waals surface area contributed by atoms with Crippen LogP contribution in [0.2, 0.25) is 0 Å². The number of methoxy groups -OCH3 is 1. The molecule has 0 aliphatic carbocycles. The molecule has 6 heteroatoms. The van der Waals surface area contributed by atoms with Crippen molar-refractivity contribution in [2.75, 3.05) is 20.3 Å². The van der Waals surface area contributed by atoms with E-state index in [4.69, 9.17) is 20.4 Å². The molecular formula is C7H16O6.